The molecule has 1 amide bonds. The fourth-order valence-corrected chi connectivity index (χ4v) is 5.31. The average molecular weight is 443 g/mol. The van der Waals surface area contributed by atoms with E-state index in [-0.39, 0.29) is 11.8 Å². The predicted molar refractivity (Wildman–Crippen MR) is 138 cm³/mol. The maximum Gasteiger partial charge on any atom is 0.220 e. The van der Waals surface area contributed by atoms with Crippen molar-refractivity contribution in [2.45, 2.75) is 117 Å². The molecule has 1 aliphatic rings. The van der Waals surface area contributed by atoms with E-state index in [2.05, 4.69) is 37.9 Å². The average Bonchev–Trinajstić information content (AvgIpc) is 2.79. The number of aryl methyl sites for hydroxylation is 1. The van der Waals surface area contributed by atoms with Crippen molar-refractivity contribution in [2.75, 3.05) is 20.1 Å². The number of carbonyl (C=O) groups excluding carboxylic acids is 1. The molecule has 1 aliphatic carbocycles. The molecule has 0 saturated heterocycles. The van der Waals surface area contributed by atoms with Crippen molar-refractivity contribution in [1.82, 2.24) is 4.90 Å². The fourth-order valence-electron chi connectivity index (χ4n) is 5.31. The second kappa shape index (κ2) is 15.5. The van der Waals surface area contributed by atoms with Crippen LogP contribution in [0.4, 0.5) is 0 Å². The quantitative estimate of drug-likeness (QED) is 0.275. The molecule has 3 nitrogen and oxygen atoms in total. The molecule has 3 heteroatoms. The molecule has 0 radical (unpaired) electrons. The van der Waals surface area contributed by atoms with Crippen molar-refractivity contribution in [2.24, 2.45) is 11.7 Å². The topological polar surface area (TPSA) is 46.3 Å². The van der Waals surface area contributed by atoms with Crippen LogP contribution in [-0.2, 0) is 30.5 Å². The molecule has 32 heavy (non-hydrogen) atoms. The lowest BCUT2D eigenvalue weighted by atomic mass is 9.81. The molecule has 0 spiro atoms. The Morgan fingerprint density at radius 3 is 2.12 bits per heavy atom. The van der Waals surface area contributed by atoms with Gasteiger partial charge in [0.05, 0.1) is 0 Å². The van der Waals surface area contributed by atoms with Crippen molar-refractivity contribution >= 4 is 5.91 Å². The van der Waals surface area contributed by atoms with Gasteiger partial charge < -0.3 is 10.6 Å². The molecule has 182 valence electrons. The number of fused-ring (bicyclic) bond motifs is 1. The lowest BCUT2D eigenvalue weighted by Crippen LogP contribution is -2.26. The van der Waals surface area contributed by atoms with Crippen molar-refractivity contribution in [3.63, 3.8) is 0 Å². The Morgan fingerprint density at radius 1 is 0.875 bits per heavy atom. The van der Waals surface area contributed by atoms with Crippen LogP contribution in [0.5, 0.6) is 0 Å². The van der Waals surface area contributed by atoms with Crippen molar-refractivity contribution in [1.29, 1.82) is 0 Å². The Bertz CT molecular complexity index is 669. The second-order valence-corrected chi connectivity index (χ2v) is 10.2. The van der Waals surface area contributed by atoms with Crippen LogP contribution in [-0.4, -0.2) is 30.9 Å². The summed E-state index contributed by atoms with van der Waals surface area (Å²) < 4.78 is 0. The minimum atomic E-state index is -0.116. The lowest BCUT2D eigenvalue weighted by molar-refractivity contribution is -0.122. The number of hydrogen-bond donors (Lipinski definition) is 1. The van der Waals surface area contributed by atoms with E-state index in [1.807, 2.05) is 0 Å². The first-order valence-electron chi connectivity index (χ1n) is 13.7. The predicted octanol–water partition coefficient (Wildman–Crippen LogP) is 6.62. The van der Waals surface area contributed by atoms with E-state index in [4.69, 9.17) is 5.73 Å². The number of nitrogens with two attached hydrogens (primary N) is 1. The van der Waals surface area contributed by atoms with Crippen LogP contribution in [0, 0.1) is 5.92 Å². The maximum atomic E-state index is 12.3. The summed E-state index contributed by atoms with van der Waals surface area (Å²) >= 11 is 0. The van der Waals surface area contributed by atoms with Gasteiger partial charge in [-0.3, -0.25) is 4.79 Å². The Balaban J connectivity index is 1.88. The number of amides is 1. The first-order chi connectivity index (χ1) is 15.6. The monoisotopic (exact) mass is 442 g/mol. The maximum absolute atomic E-state index is 12.3. The lowest BCUT2D eigenvalue weighted by Gasteiger charge is -2.25. The first kappa shape index (κ1) is 26.9. The van der Waals surface area contributed by atoms with Gasteiger partial charge in [0.25, 0.3) is 0 Å². The van der Waals surface area contributed by atoms with Crippen LogP contribution in [0.15, 0.2) is 12.1 Å². The molecule has 0 fully saturated rings. The summed E-state index contributed by atoms with van der Waals surface area (Å²) in [4.78, 5) is 14.7. The zero-order valence-electron chi connectivity index (χ0n) is 21.4. The van der Waals surface area contributed by atoms with Gasteiger partial charge >= 0.3 is 0 Å². The van der Waals surface area contributed by atoms with E-state index in [0.717, 1.165) is 32.2 Å². The highest BCUT2D eigenvalue weighted by atomic mass is 16.1. The summed E-state index contributed by atoms with van der Waals surface area (Å²) in [5.74, 6) is -0.142. The number of hydrogen-bond acceptors (Lipinski definition) is 2. The van der Waals surface area contributed by atoms with Crippen LogP contribution < -0.4 is 5.73 Å². The number of rotatable bonds is 17. The molecule has 0 unspecified atom stereocenters. The van der Waals surface area contributed by atoms with E-state index in [9.17, 15) is 4.79 Å². The summed E-state index contributed by atoms with van der Waals surface area (Å²) in [6, 6.07) is 4.69. The Kier molecular flexibility index (Phi) is 13.0. The van der Waals surface area contributed by atoms with Crippen molar-refractivity contribution in [3.05, 3.63) is 34.4 Å². The minimum absolute atomic E-state index is 0.0261. The van der Waals surface area contributed by atoms with Crippen molar-refractivity contribution in [3.8, 4) is 0 Å². The highest BCUT2D eigenvalue weighted by molar-refractivity contribution is 5.77. The number of nitrogens with zero attached hydrogens (tertiary/aromatic N) is 1. The summed E-state index contributed by atoms with van der Waals surface area (Å²) in [5, 5.41) is 0. The van der Waals surface area contributed by atoms with E-state index in [1.54, 1.807) is 16.7 Å². The van der Waals surface area contributed by atoms with E-state index in [1.165, 1.54) is 89.2 Å². The molecule has 0 saturated carbocycles. The smallest absolute Gasteiger partial charge is 0.220 e. The third kappa shape index (κ3) is 9.25. The largest absolute Gasteiger partial charge is 0.369 e. The zero-order chi connectivity index (χ0) is 23.2. The fraction of sp³-hybridized carbons (Fsp3) is 0.759. The highest BCUT2D eigenvalue weighted by Gasteiger charge is 2.21. The molecule has 1 atom stereocenters. The third-order valence-electron chi connectivity index (χ3n) is 7.38. The van der Waals surface area contributed by atoms with Crippen LogP contribution in [0.2, 0.25) is 0 Å². The molecule has 0 aliphatic heterocycles. The summed E-state index contributed by atoms with van der Waals surface area (Å²) in [7, 11) is 2.23. The van der Waals surface area contributed by atoms with Crippen molar-refractivity contribution < 1.29 is 4.79 Å². The van der Waals surface area contributed by atoms with Gasteiger partial charge in [0, 0.05) is 5.92 Å². The Labute approximate surface area is 198 Å². The van der Waals surface area contributed by atoms with Gasteiger partial charge in [0.2, 0.25) is 5.91 Å². The Hall–Kier alpha value is -1.35. The first-order valence-corrected chi connectivity index (χ1v) is 13.7. The van der Waals surface area contributed by atoms with Gasteiger partial charge in [0.15, 0.2) is 0 Å². The number of carbonyl (C=O) groups is 1. The molecule has 0 aromatic heterocycles. The Morgan fingerprint density at radius 2 is 1.47 bits per heavy atom. The molecule has 1 aromatic carbocycles. The molecular formula is C29H50N2O. The van der Waals surface area contributed by atoms with Gasteiger partial charge in [-0.2, -0.15) is 0 Å². The number of primary amides is 1. The normalized spacial score (nSPS) is 14.5. The van der Waals surface area contributed by atoms with E-state index < -0.39 is 0 Å². The zero-order valence-corrected chi connectivity index (χ0v) is 21.4. The number of unbranched alkanes of at least 4 members (excludes halogenated alkanes) is 6. The van der Waals surface area contributed by atoms with E-state index >= 15 is 0 Å². The van der Waals surface area contributed by atoms with Gasteiger partial charge in [-0.1, -0.05) is 64.5 Å². The van der Waals surface area contributed by atoms with Crippen LogP contribution in [0.25, 0.3) is 0 Å². The third-order valence-corrected chi connectivity index (χ3v) is 7.38. The van der Waals surface area contributed by atoms with Crippen LogP contribution in [0.1, 0.15) is 113 Å². The van der Waals surface area contributed by atoms with Gasteiger partial charge in [-0.25, -0.2) is 0 Å². The summed E-state index contributed by atoms with van der Waals surface area (Å²) in [6.45, 7) is 6.85. The number of benzene rings is 1. The SMILES string of the molecule is CCCCCCN(C)CCCC[C@@H](Cc1ccc(CCCCC)c2c1CCCC2)C(N)=O. The second-order valence-electron chi connectivity index (χ2n) is 10.2. The molecule has 2 N–H and O–H groups in total. The molecule has 2 rings (SSSR count). The van der Waals surface area contributed by atoms with Crippen LogP contribution >= 0.6 is 0 Å². The summed E-state index contributed by atoms with van der Waals surface area (Å²) in [5.41, 5.74) is 12.0. The highest BCUT2D eigenvalue weighted by Crippen LogP contribution is 2.31. The molecule has 0 bridgehead atoms. The molecular weight excluding hydrogens is 392 g/mol. The summed E-state index contributed by atoms with van der Waals surface area (Å²) in [6.07, 6.45) is 19.4. The van der Waals surface area contributed by atoms with Crippen LogP contribution in [0.3, 0.4) is 0 Å². The van der Waals surface area contributed by atoms with E-state index in [0.29, 0.717) is 0 Å². The molecule has 1 aromatic rings. The van der Waals surface area contributed by atoms with Gasteiger partial charge in [0.1, 0.15) is 0 Å². The van der Waals surface area contributed by atoms with Gasteiger partial charge in [-0.05, 0) is 107 Å². The minimum Gasteiger partial charge on any atom is -0.369 e. The standard InChI is InChI=1S/C29H50N2O/c1-4-6-8-13-21-31(3)22-14-12-16-26(29(30)32)23-25-20-19-24(15-9-7-5-2)27-17-10-11-18-28(25)27/h19-20,26H,4-18,21-23H2,1-3H3,(H2,30,32)/t26-/m0/s1. The van der Waals surface area contributed by atoms with Gasteiger partial charge in [-0.15, -0.1) is 0 Å². The molecule has 0 heterocycles.